The maximum absolute atomic E-state index is 13.2. The molecule has 1 saturated heterocycles. The average Bonchev–Trinajstić information content (AvgIpc) is 2.67. The lowest BCUT2D eigenvalue weighted by atomic mass is 10.1. The van der Waals surface area contributed by atoms with Gasteiger partial charge in [-0.15, -0.1) is 0 Å². The largest absolute Gasteiger partial charge is 0.486 e. The number of benzene rings is 1. The summed E-state index contributed by atoms with van der Waals surface area (Å²) in [4.78, 5) is 18.4. The third-order valence-corrected chi connectivity index (χ3v) is 4.70. The summed E-state index contributed by atoms with van der Waals surface area (Å²) in [5.74, 6) is 0.520. The van der Waals surface area contributed by atoms with Crippen molar-refractivity contribution in [3.63, 3.8) is 0 Å². The summed E-state index contributed by atoms with van der Waals surface area (Å²) >= 11 is 5.99. The number of ether oxygens (including phenoxy) is 3. The molecule has 0 bridgehead atoms. The second kappa shape index (κ2) is 9.51. The summed E-state index contributed by atoms with van der Waals surface area (Å²) in [5.41, 5.74) is 0.0505. The molecule has 1 aliphatic heterocycles. The molecule has 2 aromatic rings. The van der Waals surface area contributed by atoms with E-state index in [1.807, 2.05) is 20.8 Å². The van der Waals surface area contributed by atoms with Crippen LogP contribution in [0.4, 0.5) is 9.18 Å². The molecule has 30 heavy (non-hydrogen) atoms. The van der Waals surface area contributed by atoms with Crippen LogP contribution in [0.3, 0.4) is 0 Å². The van der Waals surface area contributed by atoms with Gasteiger partial charge in [0.2, 0.25) is 0 Å². The third-order valence-electron chi connectivity index (χ3n) is 4.41. The molecule has 0 N–H and O–H groups in total. The number of hydrogen-bond donors (Lipinski definition) is 0. The number of likely N-dealkylation sites (tertiary alicyclic amines) is 1. The Bertz CT molecular complexity index is 888. The van der Waals surface area contributed by atoms with E-state index in [0.717, 1.165) is 19.3 Å². The van der Waals surface area contributed by atoms with Gasteiger partial charge in [-0.3, -0.25) is 9.88 Å². The van der Waals surface area contributed by atoms with E-state index in [-0.39, 0.29) is 17.7 Å². The van der Waals surface area contributed by atoms with E-state index in [1.165, 1.54) is 18.2 Å². The highest BCUT2D eigenvalue weighted by Crippen LogP contribution is 2.27. The quantitative estimate of drug-likeness (QED) is 0.612. The van der Waals surface area contributed by atoms with Gasteiger partial charge in [0, 0.05) is 25.2 Å². The van der Waals surface area contributed by atoms with E-state index in [4.69, 9.17) is 25.8 Å². The molecule has 0 radical (unpaired) electrons. The van der Waals surface area contributed by atoms with Crippen molar-refractivity contribution in [1.29, 1.82) is 0 Å². The summed E-state index contributed by atoms with van der Waals surface area (Å²) in [6.45, 7) is 6.25. The minimum absolute atomic E-state index is 0.142. The molecular formula is C22H26ClFN2O4. The first-order valence-corrected chi connectivity index (χ1v) is 10.3. The first-order chi connectivity index (χ1) is 14.2. The smallest absolute Gasteiger partial charge is 0.413 e. The van der Waals surface area contributed by atoms with Crippen molar-refractivity contribution in [2.75, 3.05) is 6.54 Å². The lowest BCUT2D eigenvalue weighted by Crippen LogP contribution is -2.48. The molecule has 0 saturated carbocycles. The molecule has 6 nitrogen and oxygen atoms in total. The van der Waals surface area contributed by atoms with Gasteiger partial charge in [-0.25, -0.2) is 9.18 Å². The van der Waals surface area contributed by atoms with Gasteiger partial charge in [-0.2, -0.15) is 0 Å². The van der Waals surface area contributed by atoms with Crippen LogP contribution in [-0.2, 0) is 11.3 Å². The van der Waals surface area contributed by atoms with E-state index in [9.17, 15) is 9.18 Å². The van der Waals surface area contributed by atoms with E-state index >= 15 is 0 Å². The van der Waals surface area contributed by atoms with Gasteiger partial charge in [0.15, 0.2) is 6.23 Å². The molecule has 0 spiro atoms. The van der Waals surface area contributed by atoms with Crippen molar-refractivity contribution in [2.24, 2.45) is 0 Å². The Kier molecular flexibility index (Phi) is 7.02. The van der Waals surface area contributed by atoms with Crippen LogP contribution in [0.1, 0.15) is 45.7 Å². The van der Waals surface area contributed by atoms with Crippen molar-refractivity contribution in [1.82, 2.24) is 9.88 Å². The van der Waals surface area contributed by atoms with Crippen LogP contribution in [0.15, 0.2) is 36.5 Å². The van der Waals surface area contributed by atoms with Crippen molar-refractivity contribution in [3.8, 4) is 11.5 Å². The van der Waals surface area contributed by atoms with Crippen molar-refractivity contribution in [3.05, 3.63) is 53.1 Å². The van der Waals surface area contributed by atoms with Crippen LogP contribution in [0.5, 0.6) is 11.5 Å². The first kappa shape index (κ1) is 22.2. The second-order valence-electron chi connectivity index (χ2n) is 8.09. The summed E-state index contributed by atoms with van der Waals surface area (Å²) in [5, 5.41) is 0.192. The average molecular weight is 437 g/mol. The van der Waals surface area contributed by atoms with Gasteiger partial charge in [0.25, 0.3) is 0 Å². The number of nitrogens with zero attached hydrogens (tertiary/aromatic N) is 2. The number of pyridine rings is 1. The second-order valence-corrected chi connectivity index (χ2v) is 8.50. The van der Waals surface area contributed by atoms with Crippen LogP contribution < -0.4 is 9.47 Å². The number of rotatable bonds is 5. The van der Waals surface area contributed by atoms with Gasteiger partial charge >= 0.3 is 6.09 Å². The fraction of sp³-hybridized carbons (Fsp3) is 0.455. The highest BCUT2D eigenvalue weighted by atomic mass is 35.5. The van der Waals surface area contributed by atoms with Crippen molar-refractivity contribution in [2.45, 2.75) is 58.5 Å². The topological polar surface area (TPSA) is 60.9 Å². The zero-order chi connectivity index (χ0) is 21.7. The zero-order valence-corrected chi connectivity index (χ0v) is 18.1. The van der Waals surface area contributed by atoms with E-state index in [0.29, 0.717) is 23.7 Å². The highest BCUT2D eigenvalue weighted by molar-refractivity contribution is 6.32. The molecule has 1 unspecified atom stereocenters. The van der Waals surface area contributed by atoms with E-state index < -0.39 is 17.6 Å². The normalized spacial score (nSPS) is 16.8. The Hall–Kier alpha value is -2.54. The zero-order valence-electron chi connectivity index (χ0n) is 17.4. The Labute approximate surface area is 180 Å². The van der Waals surface area contributed by atoms with Crippen LogP contribution in [0.25, 0.3) is 0 Å². The van der Waals surface area contributed by atoms with Gasteiger partial charge < -0.3 is 14.2 Å². The summed E-state index contributed by atoms with van der Waals surface area (Å²) in [6, 6.07) is 7.43. The Morgan fingerprint density at radius 1 is 1.27 bits per heavy atom. The van der Waals surface area contributed by atoms with E-state index in [1.54, 1.807) is 23.2 Å². The molecule has 162 valence electrons. The molecule has 1 fully saturated rings. The SMILES string of the molecule is CC(C)(C)OC(=O)N1CCCCC1Oc1ccnc(COc2ccc(F)cc2Cl)c1. The molecule has 0 aliphatic carbocycles. The van der Waals surface area contributed by atoms with Gasteiger partial charge in [0.05, 0.1) is 10.7 Å². The predicted molar refractivity (Wildman–Crippen MR) is 111 cm³/mol. The summed E-state index contributed by atoms with van der Waals surface area (Å²) < 4.78 is 30.4. The van der Waals surface area contributed by atoms with Gasteiger partial charge in [-0.1, -0.05) is 11.6 Å². The van der Waals surface area contributed by atoms with Crippen molar-refractivity contribution < 1.29 is 23.4 Å². The minimum atomic E-state index is -0.568. The van der Waals surface area contributed by atoms with Crippen LogP contribution in [-0.4, -0.2) is 34.4 Å². The lowest BCUT2D eigenvalue weighted by Gasteiger charge is -2.36. The molecule has 1 aliphatic rings. The molecule has 8 heteroatoms. The molecule has 3 rings (SSSR count). The van der Waals surface area contributed by atoms with Crippen molar-refractivity contribution >= 4 is 17.7 Å². The Morgan fingerprint density at radius 3 is 2.80 bits per heavy atom. The minimum Gasteiger partial charge on any atom is -0.486 e. The van der Waals surface area contributed by atoms with Crippen LogP contribution in [0, 0.1) is 5.82 Å². The van der Waals surface area contributed by atoms with Gasteiger partial charge in [0.1, 0.15) is 29.5 Å². The molecule has 1 aromatic carbocycles. The predicted octanol–water partition coefficient (Wildman–Crippen LogP) is 5.58. The number of piperidine rings is 1. The fourth-order valence-corrected chi connectivity index (χ4v) is 3.28. The lowest BCUT2D eigenvalue weighted by molar-refractivity contribution is -0.0342. The number of carbonyl (C=O) groups is 1. The van der Waals surface area contributed by atoms with Crippen LogP contribution in [0.2, 0.25) is 5.02 Å². The first-order valence-electron chi connectivity index (χ1n) is 9.90. The third kappa shape index (κ3) is 6.23. The molecule has 1 aromatic heterocycles. The maximum Gasteiger partial charge on any atom is 0.413 e. The standard InChI is InChI=1S/C22H26ClFN2O4/c1-22(2,3)30-21(27)26-11-5-4-6-20(26)29-17-9-10-25-16(13-17)14-28-19-8-7-15(24)12-18(19)23/h7-10,12-13,20H,4-6,11,14H2,1-3H3. The monoisotopic (exact) mass is 436 g/mol. The molecule has 1 amide bonds. The van der Waals surface area contributed by atoms with E-state index in [2.05, 4.69) is 4.98 Å². The Morgan fingerprint density at radius 2 is 2.07 bits per heavy atom. The summed E-state index contributed by atoms with van der Waals surface area (Å²) in [6.07, 6.45) is 3.42. The number of aromatic nitrogens is 1. The fourth-order valence-electron chi connectivity index (χ4n) is 3.06. The maximum atomic E-state index is 13.2. The number of carbonyl (C=O) groups excluding carboxylic acids is 1. The number of hydrogen-bond acceptors (Lipinski definition) is 5. The molecule has 1 atom stereocenters. The molecule has 2 heterocycles. The highest BCUT2D eigenvalue weighted by Gasteiger charge is 2.31. The summed E-state index contributed by atoms with van der Waals surface area (Å²) in [7, 11) is 0. The number of halogens is 2. The number of amides is 1. The van der Waals surface area contributed by atoms with Gasteiger partial charge in [-0.05, 0) is 57.9 Å². The molecular weight excluding hydrogens is 411 g/mol. The Balaban J connectivity index is 1.65. The van der Waals surface area contributed by atoms with Crippen LogP contribution >= 0.6 is 11.6 Å².